The summed E-state index contributed by atoms with van der Waals surface area (Å²) in [7, 11) is 0. The van der Waals surface area contributed by atoms with Gasteiger partial charge in [0.25, 0.3) is 0 Å². The van der Waals surface area contributed by atoms with Crippen LogP contribution in [0.4, 0.5) is 0 Å². The van der Waals surface area contributed by atoms with Crippen LogP contribution < -0.4 is 0 Å². The van der Waals surface area contributed by atoms with Gasteiger partial charge in [0, 0.05) is 6.42 Å². The Kier molecular flexibility index (Phi) is 4.13. The Labute approximate surface area is 111 Å². The van der Waals surface area contributed by atoms with Gasteiger partial charge in [-0.1, -0.05) is 41.2 Å². The summed E-state index contributed by atoms with van der Waals surface area (Å²) in [6, 6.07) is 8.62. The number of hydrogen-bond donors (Lipinski definition) is 0. The Balaban J connectivity index is 1.95. The Bertz CT molecular complexity index is 476. The zero-order valence-electron chi connectivity index (χ0n) is 9.98. The van der Waals surface area contributed by atoms with E-state index >= 15 is 0 Å². The number of aryl methyl sites for hydroxylation is 3. The van der Waals surface area contributed by atoms with Crippen LogP contribution in [0.2, 0.25) is 0 Å². The van der Waals surface area contributed by atoms with Gasteiger partial charge in [-0.15, -0.1) is 21.8 Å². The standard InChI is InChI=1S/C13H15ClN2S/c1-9-3-5-11(6-4-9)7-8-12-15-16-13(17-12)10(2)14/h3-6,10H,7-8H2,1-2H3. The second kappa shape index (κ2) is 5.61. The number of alkyl halides is 1. The summed E-state index contributed by atoms with van der Waals surface area (Å²) in [4.78, 5) is 0. The predicted octanol–water partition coefficient (Wildman–Crippen LogP) is 3.93. The van der Waals surface area contributed by atoms with Crippen molar-refractivity contribution in [3.63, 3.8) is 0 Å². The van der Waals surface area contributed by atoms with Crippen LogP contribution in [0.5, 0.6) is 0 Å². The molecule has 0 aliphatic rings. The SMILES string of the molecule is Cc1ccc(CCc2nnc(C(C)Cl)s2)cc1. The molecule has 0 bridgehead atoms. The lowest BCUT2D eigenvalue weighted by atomic mass is 10.1. The van der Waals surface area contributed by atoms with Gasteiger partial charge in [0.15, 0.2) is 0 Å². The van der Waals surface area contributed by atoms with E-state index in [1.807, 2.05) is 6.92 Å². The molecule has 4 heteroatoms. The molecule has 1 atom stereocenters. The third-order valence-corrected chi connectivity index (χ3v) is 4.07. The van der Waals surface area contributed by atoms with E-state index in [0.29, 0.717) is 0 Å². The molecule has 0 saturated heterocycles. The second-order valence-corrected chi connectivity index (χ2v) is 5.88. The van der Waals surface area contributed by atoms with Crippen molar-refractivity contribution in [2.75, 3.05) is 0 Å². The lowest BCUT2D eigenvalue weighted by Gasteiger charge is -1.99. The van der Waals surface area contributed by atoms with Crippen molar-refractivity contribution in [2.45, 2.75) is 32.1 Å². The molecule has 1 heterocycles. The normalized spacial score (nSPS) is 12.6. The maximum Gasteiger partial charge on any atom is 0.135 e. The van der Waals surface area contributed by atoms with Gasteiger partial charge < -0.3 is 0 Å². The fourth-order valence-corrected chi connectivity index (χ4v) is 2.48. The Morgan fingerprint density at radius 1 is 1.18 bits per heavy atom. The lowest BCUT2D eigenvalue weighted by Crippen LogP contribution is -1.90. The van der Waals surface area contributed by atoms with Gasteiger partial charge in [-0.05, 0) is 25.8 Å². The topological polar surface area (TPSA) is 25.8 Å². The summed E-state index contributed by atoms with van der Waals surface area (Å²) in [6.07, 6.45) is 1.94. The Hall–Kier alpha value is -0.930. The van der Waals surface area contributed by atoms with Gasteiger partial charge in [-0.2, -0.15) is 0 Å². The highest BCUT2D eigenvalue weighted by Crippen LogP contribution is 2.23. The lowest BCUT2D eigenvalue weighted by molar-refractivity contribution is 0.882. The van der Waals surface area contributed by atoms with E-state index in [-0.39, 0.29) is 5.38 Å². The molecule has 0 aliphatic carbocycles. The molecule has 0 spiro atoms. The van der Waals surface area contributed by atoms with E-state index in [1.165, 1.54) is 11.1 Å². The number of benzene rings is 1. The van der Waals surface area contributed by atoms with Crippen LogP contribution in [0, 0.1) is 6.92 Å². The molecule has 1 unspecified atom stereocenters. The van der Waals surface area contributed by atoms with Crippen molar-refractivity contribution in [3.8, 4) is 0 Å². The maximum atomic E-state index is 5.96. The van der Waals surface area contributed by atoms with Gasteiger partial charge in [0.05, 0.1) is 5.38 Å². The van der Waals surface area contributed by atoms with Crippen molar-refractivity contribution in [2.24, 2.45) is 0 Å². The van der Waals surface area contributed by atoms with Crippen LogP contribution >= 0.6 is 22.9 Å². The first-order valence-corrected chi connectivity index (χ1v) is 6.92. The number of hydrogen-bond acceptors (Lipinski definition) is 3. The quantitative estimate of drug-likeness (QED) is 0.784. The maximum absolute atomic E-state index is 5.96. The van der Waals surface area contributed by atoms with Crippen LogP contribution in [-0.2, 0) is 12.8 Å². The average molecular weight is 267 g/mol. The van der Waals surface area contributed by atoms with Gasteiger partial charge in [0.2, 0.25) is 0 Å². The molecule has 0 N–H and O–H groups in total. The second-order valence-electron chi connectivity index (χ2n) is 4.14. The first kappa shape index (κ1) is 12.5. The predicted molar refractivity (Wildman–Crippen MR) is 72.8 cm³/mol. The van der Waals surface area contributed by atoms with Crippen molar-refractivity contribution in [1.29, 1.82) is 0 Å². The zero-order chi connectivity index (χ0) is 12.3. The van der Waals surface area contributed by atoms with E-state index < -0.39 is 0 Å². The van der Waals surface area contributed by atoms with Crippen LogP contribution in [0.25, 0.3) is 0 Å². The van der Waals surface area contributed by atoms with E-state index in [9.17, 15) is 0 Å². The molecule has 90 valence electrons. The molecule has 0 saturated carbocycles. The number of halogens is 1. The highest BCUT2D eigenvalue weighted by Gasteiger charge is 2.08. The molecule has 0 fully saturated rings. The molecular formula is C13H15ClN2S. The number of aromatic nitrogens is 2. The molecule has 1 aromatic carbocycles. The number of rotatable bonds is 4. The van der Waals surface area contributed by atoms with Crippen LogP contribution in [0.15, 0.2) is 24.3 Å². The summed E-state index contributed by atoms with van der Waals surface area (Å²) in [5.74, 6) is 0. The van der Waals surface area contributed by atoms with Gasteiger partial charge in [-0.25, -0.2) is 0 Å². The first-order chi connectivity index (χ1) is 8.15. The Morgan fingerprint density at radius 3 is 2.47 bits per heavy atom. The minimum Gasteiger partial charge on any atom is -0.143 e. The third kappa shape index (κ3) is 3.51. The van der Waals surface area contributed by atoms with E-state index in [2.05, 4.69) is 41.4 Å². The van der Waals surface area contributed by atoms with E-state index in [1.54, 1.807) is 11.3 Å². The highest BCUT2D eigenvalue weighted by molar-refractivity contribution is 7.11. The summed E-state index contributed by atoms with van der Waals surface area (Å²) in [5, 5.41) is 10.2. The van der Waals surface area contributed by atoms with E-state index in [4.69, 9.17) is 11.6 Å². The molecule has 0 amide bonds. The molecular weight excluding hydrogens is 252 g/mol. The molecule has 2 aromatic rings. The van der Waals surface area contributed by atoms with Gasteiger partial charge >= 0.3 is 0 Å². The fraction of sp³-hybridized carbons (Fsp3) is 0.385. The first-order valence-electron chi connectivity index (χ1n) is 5.67. The van der Waals surface area contributed by atoms with Gasteiger partial charge in [-0.3, -0.25) is 0 Å². The minimum absolute atomic E-state index is 0.0411. The molecule has 1 aromatic heterocycles. The van der Waals surface area contributed by atoms with Crippen molar-refractivity contribution in [1.82, 2.24) is 10.2 Å². The van der Waals surface area contributed by atoms with Crippen molar-refractivity contribution < 1.29 is 0 Å². The van der Waals surface area contributed by atoms with Gasteiger partial charge in [0.1, 0.15) is 10.0 Å². The molecule has 2 nitrogen and oxygen atoms in total. The third-order valence-electron chi connectivity index (χ3n) is 2.57. The summed E-state index contributed by atoms with van der Waals surface area (Å²) >= 11 is 7.57. The summed E-state index contributed by atoms with van der Waals surface area (Å²) < 4.78 is 0. The molecule has 17 heavy (non-hydrogen) atoms. The van der Waals surface area contributed by atoms with Crippen LogP contribution in [0.3, 0.4) is 0 Å². The minimum atomic E-state index is -0.0411. The zero-order valence-corrected chi connectivity index (χ0v) is 11.6. The highest BCUT2D eigenvalue weighted by atomic mass is 35.5. The molecule has 2 rings (SSSR count). The molecule has 0 aliphatic heterocycles. The monoisotopic (exact) mass is 266 g/mol. The van der Waals surface area contributed by atoms with Crippen molar-refractivity contribution in [3.05, 3.63) is 45.4 Å². The van der Waals surface area contributed by atoms with Crippen LogP contribution in [-0.4, -0.2) is 10.2 Å². The number of nitrogens with zero attached hydrogens (tertiary/aromatic N) is 2. The van der Waals surface area contributed by atoms with Crippen LogP contribution in [0.1, 0.15) is 33.4 Å². The summed E-state index contributed by atoms with van der Waals surface area (Å²) in [6.45, 7) is 4.02. The largest absolute Gasteiger partial charge is 0.143 e. The Morgan fingerprint density at radius 2 is 1.88 bits per heavy atom. The smallest absolute Gasteiger partial charge is 0.135 e. The average Bonchev–Trinajstić information content (AvgIpc) is 2.77. The molecule has 0 radical (unpaired) electrons. The fourth-order valence-electron chi connectivity index (χ4n) is 1.53. The van der Waals surface area contributed by atoms with Crippen molar-refractivity contribution >= 4 is 22.9 Å². The van der Waals surface area contributed by atoms with E-state index in [0.717, 1.165) is 22.9 Å². The summed E-state index contributed by atoms with van der Waals surface area (Å²) in [5.41, 5.74) is 2.63.